The highest BCUT2D eigenvalue weighted by Crippen LogP contribution is 2.30. The third-order valence-corrected chi connectivity index (χ3v) is 4.42. The zero-order valence-corrected chi connectivity index (χ0v) is 13.0. The highest BCUT2D eigenvalue weighted by Gasteiger charge is 2.14. The van der Waals surface area contributed by atoms with E-state index in [0.29, 0.717) is 6.61 Å². The summed E-state index contributed by atoms with van der Waals surface area (Å²) in [7, 11) is 0. The molecule has 1 aliphatic rings. The van der Waals surface area contributed by atoms with Crippen LogP contribution in [-0.4, -0.2) is 11.7 Å². The van der Waals surface area contributed by atoms with Gasteiger partial charge >= 0.3 is 0 Å². The predicted octanol–water partition coefficient (Wildman–Crippen LogP) is 5.63. The van der Waals surface area contributed by atoms with Gasteiger partial charge in [-0.05, 0) is 38.0 Å². The Morgan fingerprint density at radius 2 is 1.68 bits per heavy atom. The Hall–Kier alpha value is -0.300. The van der Waals surface area contributed by atoms with Gasteiger partial charge in [-0.15, -0.1) is 0 Å². The Balaban J connectivity index is 2.15. The lowest BCUT2D eigenvalue weighted by Gasteiger charge is -2.23. The van der Waals surface area contributed by atoms with E-state index in [9.17, 15) is 0 Å². The molecule has 1 heteroatoms. The van der Waals surface area contributed by atoms with Crippen molar-refractivity contribution in [2.75, 3.05) is 6.61 Å². The van der Waals surface area contributed by atoms with Crippen LogP contribution in [0.5, 0.6) is 0 Å². The predicted molar refractivity (Wildman–Crippen MR) is 84.4 cm³/mol. The first-order chi connectivity index (χ1) is 9.36. The fourth-order valence-electron chi connectivity index (χ4n) is 3.33. The van der Waals surface area contributed by atoms with Crippen molar-refractivity contribution in [3.63, 3.8) is 0 Å². The van der Waals surface area contributed by atoms with Crippen LogP contribution in [-0.2, 0) is 0 Å². The van der Waals surface area contributed by atoms with E-state index < -0.39 is 0 Å². The van der Waals surface area contributed by atoms with Crippen molar-refractivity contribution in [2.24, 2.45) is 5.92 Å². The Morgan fingerprint density at radius 1 is 1.00 bits per heavy atom. The first kappa shape index (κ1) is 16.8. The third-order valence-electron chi connectivity index (χ3n) is 4.42. The number of rotatable bonds is 10. The van der Waals surface area contributed by atoms with Gasteiger partial charge in [0.25, 0.3) is 0 Å². The fraction of sp³-hybridized carbons (Fsp3) is 0.889. The van der Waals surface area contributed by atoms with Crippen molar-refractivity contribution in [1.82, 2.24) is 0 Å². The van der Waals surface area contributed by atoms with Gasteiger partial charge < -0.3 is 5.11 Å². The normalized spacial score (nSPS) is 17.9. The van der Waals surface area contributed by atoms with E-state index in [1.54, 1.807) is 5.57 Å². The second-order valence-corrected chi connectivity index (χ2v) is 6.22. The molecule has 1 aliphatic carbocycles. The van der Waals surface area contributed by atoms with E-state index in [0.717, 1.165) is 12.3 Å². The van der Waals surface area contributed by atoms with E-state index in [2.05, 4.69) is 13.0 Å². The SMILES string of the molecule is CC/C=C(/CCCCCCCO)CC1CCCCC1. The summed E-state index contributed by atoms with van der Waals surface area (Å²) in [5.41, 5.74) is 1.73. The average molecular weight is 266 g/mol. The molecule has 0 aromatic rings. The Kier molecular flexibility index (Phi) is 10.2. The molecule has 112 valence electrons. The summed E-state index contributed by atoms with van der Waals surface area (Å²) < 4.78 is 0. The van der Waals surface area contributed by atoms with E-state index in [1.807, 2.05) is 0 Å². The first-order valence-electron chi connectivity index (χ1n) is 8.65. The van der Waals surface area contributed by atoms with Crippen molar-refractivity contribution in [3.8, 4) is 0 Å². The molecule has 0 spiro atoms. The largest absolute Gasteiger partial charge is 0.396 e. The second kappa shape index (κ2) is 11.5. The van der Waals surface area contributed by atoms with Crippen molar-refractivity contribution in [2.45, 2.75) is 90.4 Å². The van der Waals surface area contributed by atoms with Crippen molar-refractivity contribution in [3.05, 3.63) is 11.6 Å². The second-order valence-electron chi connectivity index (χ2n) is 6.22. The van der Waals surface area contributed by atoms with Gasteiger partial charge in [0.05, 0.1) is 0 Å². The van der Waals surface area contributed by atoms with Gasteiger partial charge in [0, 0.05) is 6.61 Å². The van der Waals surface area contributed by atoms with E-state index in [1.165, 1.54) is 77.0 Å². The lowest BCUT2D eigenvalue weighted by atomic mass is 9.83. The highest BCUT2D eigenvalue weighted by atomic mass is 16.2. The molecule has 0 amide bonds. The van der Waals surface area contributed by atoms with Gasteiger partial charge in [-0.3, -0.25) is 0 Å². The van der Waals surface area contributed by atoms with Gasteiger partial charge in [-0.1, -0.05) is 69.9 Å². The number of aliphatic hydroxyl groups excluding tert-OH is 1. The summed E-state index contributed by atoms with van der Waals surface area (Å²) in [5, 5.41) is 8.75. The average Bonchev–Trinajstić information content (AvgIpc) is 2.44. The van der Waals surface area contributed by atoms with Crippen LogP contribution < -0.4 is 0 Å². The van der Waals surface area contributed by atoms with Gasteiger partial charge in [0.15, 0.2) is 0 Å². The molecule has 1 saturated carbocycles. The summed E-state index contributed by atoms with van der Waals surface area (Å²) in [6.45, 7) is 2.63. The molecule has 0 unspecified atom stereocenters. The summed E-state index contributed by atoms with van der Waals surface area (Å²) >= 11 is 0. The summed E-state index contributed by atoms with van der Waals surface area (Å²) in [6, 6.07) is 0. The highest BCUT2D eigenvalue weighted by molar-refractivity contribution is 5.03. The molecule has 0 saturated heterocycles. The molecule has 1 fully saturated rings. The van der Waals surface area contributed by atoms with E-state index in [4.69, 9.17) is 5.11 Å². The minimum atomic E-state index is 0.364. The molecule has 1 rings (SSSR count). The molecule has 0 aromatic heterocycles. The maximum Gasteiger partial charge on any atom is 0.0431 e. The topological polar surface area (TPSA) is 20.2 Å². The number of unbranched alkanes of at least 4 members (excludes halogenated alkanes) is 4. The van der Waals surface area contributed by atoms with Gasteiger partial charge in [0.1, 0.15) is 0 Å². The molecule has 0 bridgehead atoms. The number of aliphatic hydroxyl groups is 1. The maximum atomic E-state index is 8.75. The zero-order valence-electron chi connectivity index (χ0n) is 13.0. The smallest absolute Gasteiger partial charge is 0.0431 e. The molecular weight excluding hydrogens is 232 g/mol. The Labute approximate surface area is 120 Å². The van der Waals surface area contributed by atoms with E-state index in [-0.39, 0.29) is 0 Å². The molecule has 19 heavy (non-hydrogen) atoms. The van der Waals surface area contributed by atoms with Crippen LogP contribution in [0.3, 0.4) is 0 Å². The monoisotopic (exact) mass is 266 g/mol. The zero-order chi connectivity index (χ0) is 13.8. The lowest BCUT2D eigenvalue weighted by molar-refractivity contribution is 0.282. The molecule has 0 aliphatic heterocycles. The summed E-state index contributed by atoms with van der Waals surface area (Å²) in [5.74, 6) is 0.987. The Morgan fingerprint density at radius 3 is 2.37 bits per heavy atom. The minimum absolute atomic E-state index is 0.364. The molecule has 1 nitrogen and oxygen atoms in total. The molecule has 0 aromatic carbocycles. The van der Waals surface area contributed by atoms with Crippen molar-refractivity contribution < 1.29 is 5.11 Å². The van der Waals surface area contributed by atoms with Crippen LogP contribution >= 0.6 is 0 Å². The number of hydrogen-bond donors (Lipinski definition) is 1. The first-order valence-corrected chi connectivity index (χ1v) is 8.65. The van der Waals surface area contributed by atoms with Gasteiger partial charge in [0.2, 0.25) is 0 Å². The van der Waals surface area contributed by atoms with E-state index >= 15 is 0 Å². The molecule has 1 N–H and O–H groups in total. The number of hydrogen-bond acceptors (Lipinski definition) is 1. The van der Waals surface area contributed by atoms with Crippen LogP contribution in [0.1, 0.15) is 90.4 Å². The van der Waals surface area contributed by atoms with Crippen molar-refractivity contribution in [1.29, 1.82) is 0 Å². The molecule has 0 heterocycles. The fourth-order valence-corrected chi connectivity index (χ4v) is 3.33. The molecular formula is C18H34O. The van der Waals surface area contributed by atoms with Crippen LogP contribution in [0.25, 0.3) is 0 Å². The molecule has 0 radical (unpaired) electrons. The minimum Gasteiger partial charge on any atom is -0.396 e. The van der Waals surface area contributed by atoms with Crippen LogP contribution in [0, 0.1) is 5.92 Å². The van der Waals surface area contributed by atoms with Gasteiger partial charge in [-0.2, -0.15) is 0 Å². The Bertz CT molecular complexity index is 226. The summed E-state index contributed by atoms with van der Waals surface area (Å²) in [4.78, 5) is 0. The molecule has 0 atom stereocenters. The third kappa shape index (κ3) is 8.47. The van der Waals surface area contributed by atoms with Gasteiger partial charge in [-0.25, -0.2) is 0 Å². The van der Waals surface area contributed by atoms with Crippen molar-refractivity contribution >= 4 is 0 Å². The standard InChI is InChI=1S/C18H34O/c1-2-11-17(12-7-4-3-5-10-15-19)16-18-13-8-6-9-14-18/h11,18-19H,2-10,12-16H2,1H3/b17-11-. The quantitative estimate of drug-likeness (QED) is 0.401. The number of allylic oxidation sites excluding steroid dienone is 2. The summed E-state index contributed by atoms with van der Waals surface area (Å²) in [6.07, 6.45) is 19.9. The lowest BCUT2D eigenvalue weighted by Crippen LogP contribution is -2.07. The van der Waals surface area contributed by atoms with Crippen LogP contribution in [0.4, 0.5) is 0 Å². The van der Waals surface area contributed by atoms with Crippen LogP contribution in [0.15, 0.2) is 11.6 Å². The van der Waals surface area contributed by atoms with Crippen LogP contribution in [0.2, 0.25) is 0 Å². The maximum absolute atomic E-state index is 8.75.